The monoisotopic (exact) mass is 443 g/mol. The van der Waals surface area contributed by atoms with Crippen LogP contribution in [-0.2, 0) is 25.2 Å². The summed E-state index contributed by atoms with van der Waals surface area (Å²) >= 11 is 0. The number of carbonyl (C=O) groups is 2. The number of piperidine rings is 1. The molecule has 1 amide bonds. The molecule has 2 aliphatic rings. The van der Waals surface area contributed by atoms with E-state index in [1.807, 2.05) is 9.80 Å². The summed E-state index contributed by atoms with van der Waals surface area (Å²) < 4.78 is 50.1. The summed E-state index contributed by atoms with van der Waals surface area (Å²) in [5.74, 6) is -0.989. The average molecular weight is 443 g/mol. The number of nitrogens with one attached hydrogen (secondary N) is 1. The number of benzene rings is 1. The third-order valence-electron chi connectivity index (χ3n) is 5.44. The fraction of sp³-hybridized carbons (Fsp3) is 0.619. The number of amides is 1. The van der Waals surface area contributed by atoms with Gasteiger partial charge in [0.1, 0.15) is 0 Å². The summed E-state index contributed by atoms with van der Waals surface area (Å²) in [7, 11) is 0. The average Bonchev–Trinajstić information content (AvgIpc) is 2.74. The van der Waals surface area contributed by atoms with E-state index in [1.165, 1.54) is 6.07 Å². The molecule has 2 heterocycles. The molecule has 0 radical (unpaired) electrons. The number of morpholine rings is 1. The summed E-state index contributed by atoms with van der Waals surface area (Å²) in [6, 6.07) is 3.39. The van der Waals surface area contributed by atoms with Gasteiger partial charge in [0, 0.05) is 19.6 Å². The minimum absolute atomic E-state index is 0.00526. The maximum Gasteiger partial charge on any atom is 0.416 e. The van der Waals surface area contributed by atoms with Gasteiger partial charge in [-0.15, -0.1) is 0 Å². The number of hydrogen-bond donors (Lipinski definition) is 1. The summed E-state index contributed by atoms with van der Waals surface area (Å²) in [5, 5.41) is 2.66. The maximum absolute atomic E-state index is 13.2. The van der Waals surface area contributed by atoms with E-state index in [-0.39, 0.29) is 24.1 Å². The predicted molar refractivity (Wildman–Crippen MR) is 109 cm³/mol. The Labute approximate surface area is 179 Å². The second-order valence-corrected chi connectivity index (χ2v) is 7.70. The van der Waals surface area contributed by atoms with Crippen molar-refractivity contribution in [3.8, 4) is 0 Å². The van der Waals surface area contributed by atoms with E-state index in [4.69, 9.17) is 9.47 Å². The van der Waals surface area contributed by atoms with E-state index in [1.54, 1.807) is 6.92 Å². The number of nitrogens with zero attached hydrogens (tertiary/aromatic N) is 2. The molecule has 1 aromatic carbocycles. The van der Waals surface area contributed by atoms with Gasteiger partial charge in [-0.05, 0) is 44.5 Å². The molecule has 0 saturated carbocycles. The standard InChI is InChI=1S/C21H28F3N3O4/c1-2-31-20(29)15-4-3-7-26(13-15)14-19(28)25-17-12-16(21(22,23)24)5-6-18(17)27-8-10-30-11-9-27/h5-6,12,15H,2-4,7-11,13-14H2,1H3,(H,25,28). The van der Waals surface area contributed by atoms with Crippen molar-refractivity contribution in [2.75, 3.05) is 62.8 Å². The van der Waals surface area contributed by atoms with E-state index in [9.17, 15) is 22.8 Å². The SMILES string of the molecule is CCOC(=O)C1CCCN(CC(=O)Nc2cc(C(F)(F)F)ccc2N2CCOCC2)C1. The van der Waals surface area contributed by atoms with Crippen LogP contribution < -0.4 is 10.2 Å². The first-order valence-corrected chi connectivity index (χ1v) is 10.5. The van der Waals surface area contributed by atoms with Gasteiger partial charge < -0.3 is 19.7 Å². The lowest BCUT2D eigenvalue weighted by atomic mass is 9.98. The number of anilines is 2. The molecular weight excluding hydrogens is 415 g/mol. The van der Waals surface area contributed by atoms with Crippen molar-refractivity contribution in [2.45, 2.75) is 25.9 Å². The molecule has 1 atom stereocenters. The molecule has 1 N–H and O–H groups in total. The number of likely N-dealkylation sites (tertiary alicyclic amines) is 1. The van der Waals surface area contributed by atoms with Crippen LogP contribution in [0.4, 0.5) is 24.5 Å². The van der Waals surface area contributed by atoms with E-state index in [2.05, 4.69) is 5.32 Å². The second kappa shape index (κ2) is 10.3. The third kappa shape index (κ3) is 6.33. The van der Waals surface area contributed by atoms with E-state index in [0.717, 1.165) is 18.6 Å². The maximum atomic E-state index is 13.2. The van der Waals surface area contributed by atoms with Crippen molar-refractivity contribution in [2.24, 2.45) is 5.92 Å². The molecule has 2 aliphatic heterocycles. The summed E-state index contributed by atoms with van der Waals surface area (Å²) in [6.45, 7) is 5.07. The molecule has 0 bridgehead atoms. The van der Waals surface area contributed by atoms with Crippen LogP contribution in [0.3, 0.4) is 0 Å². The van der Waals surface area contributed by atoms with Crippen LogP contribution in [-0.4, -0.2) is 69.3 Å². The van der Waals surface area contributed by atoms with E-state index < -0.39 is 17.6 Å². The van der Waals surface area contributed by atoms with Gasteiger partial charge in [0.25, 0.3) is 0 Å². The first-order valence-electron chi connectivity index (χ1n) is 10.5. The zero-order chi connectivity index (χ0) is 22.4. The van der Waals surface area contributed by atoms with Crippen LogP contribution in [0.25, 0.3) is 0 Å². The lowest BCUT2D eigenvalue weighted by Crippen LogP contribution is -2.43. The normalized spacial score (nSPS) is 20.4. The van der Waals surface area contributed by atoms with Gasteiger partial charge in [0.15, 0.2) is 0 Å². The Balaban J connectivity index is 1.70. The van der Waals surface area contributed by atoms with Gasteiger partial charge in [-0.2, -0.15) is 13.2 Å². The number of esters is 1. The van der Waals surface area contributed by atoms with Gasteiger partial charge in [-0.3, -0.25) is 14.5 Å². The van der Waals surface area contributed by atoms with Gasteiger partial charge in [-0.1, -0.05) is 0 Å². The van der Waals surface area contributed by atoms with Crippen LogP contribution in [0, 0.1) is 5.92 Å². The van der Waals surface area contributed by atoms with E-state index in [0.29, 0.717) is 58.1 Å². The van der Waals surface area contributed by atoms with Gasteiger partial charge >= 0.3 is 12.1 Å². The number of carbonyl (C=O) groups excluding carboxylic acids is 2. The van der Waals surface area contributed by atoms with Crippen molar-refractivity contribution in [1.29, 1.82) is 0 Å². The van der Waals surface area contributed by atoms with Gasteiger partial charge in [-0.25, -0.2) is 0 Å². The second-order valence-electron chi connectivity index (χ2n) is 7.70. The molecule has 2 fully saturated rings. The van der Waals surface area contributed by atoms with Gasteiger partial charge in [0.2, 0.25) is 5.91 Å². The largest absolute Gasteiger partial charge is 0.466 e. The topological polar surface area (TPSA) is 71.1 Å². The molecule has 31 heavy (non-hydrogen) atoms. The highest BCUT2D eigenvalue weighted by Crippen LogP contribution is 2.35. The number of rotatable bonds is 6. The minimum atomic E-state index is -4.51. The smallest absolute Gasteiger partial charge is 0.416 e. The predicted octanol–water partition coefficient (Wildman–Crippen LogP) is 2.76. The Bertz CT molecular complexity index is 782. The molecule has 172 valence electrons. The molecule has 0 aliphatic carbocycles. The van der Waals surface area contributed by atoms with Crippen LogP contribution in [0.2, 0.25) is 0 Å². The third-order valence-corrected chi connectivity index (χ3v) is 5.44. The molecule has 1 unspecified atom stereocenters. The molecule has 1 aromatic rings. The minimum Gasteiger partial charge on any atom is -0.466 e. The molecule has 0 spiro atoms. The first kappa shape index (κ1) is 23.3. The molecule has 3 rings (SSSR count). The number of alkyl halides is 3. The highest BCUT2D eigenvalue weighted by Gasteiger charge is 2.32. The fourth-order valence-electron chi connectivity index (χ4n) is 3.94. The molecule has 10 heteroatoms. The van der Waals surface area contributed by atoms with E-state index >= 15 is 0 Å². The lowest BCUT2D eigenvalue weighted by molar-refractivity contribution is -0.150. The molecular formula is C21H28F3N3O4. The van der Waals surface area contributed by atoms with Crippen molar-refractivity contribution < 1.29 is 32.2 Å². The zero-order valence-electron chi connectivity index (χ0n) is 17.5. The van der Waals surface area contributed by atoms with Gasteiger partial charge in [0.05, 0.1) is 49.2 Å². The number of halogens is 3. The Kier molecular flexibility index (Phi) is 7.77. The van der Waals surface area contributed by atoms with Crippen molar-refractivity contribution in [1.82, 2.24) is 4.90 Å². The van der Waals surface area contributed by atoms with Crippen molar-refractivity contribution >= 4 is 23.3 Å². The summed E-state index contributed by atoms with van der Waals surface area (Å²) in [5.41, 5.74) is -0.159. The van der Waals surface area contributed by atoms with Crippen LogP contribution >= 0.6 is 0 Å². The van der Waals surface area contributed by atoms with Crippen molar-refractivity contribution in [3.05, 3.63) is 23.8 Å². The van der Waals surface area contributed by atoms with Crippen LogP contribution in [0.1, 0.15) is 25.3 Å². The first-order chi connectivity index (χ1) is 14.8. The summed E-state index contributed by atoms with van der Waals surface area (Å²) in [4.78, 5) is 28.4. The van der Waals surface area contributed by atoms with Crippen LogP contribution in [0.15, 0.2) is 18.2 Å². The molecule has 7 nitrogen and oxygen atoms in total. The van der Waals surface area contributed by atoms with Crippen molar-refractivity contribution in [3.63, 3.8) is 0 Å². The Hall–Kier alpha value is -2.33. The molecule has 0 aromatic heterocycles. The lowest BCUT2D eigenvalue weighted by Gasteiger charge is -2.32. The molecule has 2 saturated heterocycles. The Morgan fingerprint density at radius 2 is 1.97 bits per heavy atom. The zero-order valence-corrected chi connectivity index (χ0v) is 17.5. The van der Waals surface area contributed by atoms with Crippen LogP contribution in [0.5, 0.6) is 0 Å². The highest BCUT2D eigenvalue weighted by atomic mass is 19.4. The fourth-order valence-corrected chi connectivity index (χ4v) is 3.94. The summed E-state index contributed by atoms with van der Waals surface area (Å²) in [6.07, 6.45) is -3.06. The Morgan fingerprint density at radius 3 is 2.65 bits per heavy atom. The number of hydrogen-bond acceptors (Lipinski definition) is 6. The Morgan fingerprint density at radius 1 is 1.23 bits per heavy atom. The quantitative estimate of drug-likeness (QED) is 0.682. The highest BCUT2D eigenvalue weighted by molar-refractivity contribution is 5.96. The number of ether oxygens (including phenoxy) is 2.